The van der Waals surface area contributed by atoms with E-state index in [1.807, 2.05) is 6.26 Å². The van der Waals surface area contributed by atoms with Crippen molar-refractivity contribution < 1.29 is 13.2 Å². The molecule has 1 aromatic rings. The van der Waals surface area contributed by atoms with Crippen LogP contribution in [0.2, 0.25) is 0 Å². The third-order valence-corrected chi connectivity index (χ3v) is 7.24. The Kier molecular flexibility index (Phi) is 5.33. The molecule has 0 unspecified atom stereocenters. The zero-order valence-electron chi connectivity index (χ0n) is 14.6. The Hall–Kier alpha value is -1.23. The van der Waals surface area contributed by atoms with Crippen LogP contribution in [0.3, 0.4) is 0 Å². The highest BCUT2D eigenvalue weighted by Gasteiger charge is 2.41. The molecule has 3 saturated heterocycles. The second-order valence-corrected chi connectivity index (χ2v) is 9.54. The van der Waals surface area contributed by atoms with Crippen molar-refractivity contribution in [3.05, 3.63) is 18.0 Å². The molecule has 0 N–H and O–H groups in total. The van der Waals surface area contributed by atoms with Crippen molar-refractivity contribution >= 4 is 27.9 Å². The maximum absolute atomic E-state index is 12.9. The highest BCUT2D eigenvalue weighted by molar-refractivity contribution is 7.98. The van der Waals surface area contributed by atoms with Crippen molar-refractivity contribution in [1.82, 2.24) is 23.5 Å². The lowest BCUT2D eigenvalue weighted by Crippen LogP contribution is -2.48. The zero-order valence-corrected chi connectivity index (χ0v) is 16.3. The second kappa shape index (κ2) is 7.18. The smallest absolute Gasteiger partial charge is 0.281 e. The summed E-state index contributed by atoms with van der Waals surface area (Å²) in [6, 6.07) is -0.110. The van der Waals surface area contributed by atoms with Crippen LogP contribution in [0.1, 0.15) is 23.2 Å². The molecule has 0 spiro atoms. The van der Waals surface area contributed by atoms with Crippen molar-refractivity contribution in [2.75, 3.05) is 40.0 Å². The number of carbonyl (C=O) groups excluding carboxylic acids is 1. The molecule has 25 heavy (non-hydrogen) atoms. The summed E-state index contributed by atoms with van der Waals surface area (Å²) in [5, 5.41) is 0.622. The summed E-state index contributed by atoms with van der Waals surface area (Å²) >= 11 is 1.42. The summed E-state index contributed by atoms with van der Waals surface area (Å²) in [6.45, 7) is 1.38. The number of hydrogen-bond acceptors (Lipinski definition) is 6. The average Bonchev–Trinajstić information content (AvgIpc) is 2.93. The Balaban J connectivity index is 1.81. The van der Waals surface area contributed by atoms with Crippen LogP contribution in [0, 0.1) is 5.92 Å². The Morgan fingerprint density at radius 2 is 1.88 bits per heavy atom. The summed E-state index contributed by atoms with van der Waals surface area (Å²) in [7, 11) is -0.396. The first-order valence-electron chi connectivity index (χ1n) is 8.17. The Morgan fingerprint density at radius 3 is 2.48 bits per heavy atom. The monoisotopic (exact) mass is 385 g/mol. The van der Waals surface area contributed by atoms with Crippen LogP contribution < -0.4 is 0 Å². The average molecular weight is 386 g/mol. The number of rotatable bonds is 4. The third kappa shape index (κ3) is 3.67. The van der Waals surface area contributed by atoms with Gasteiger partial charge in [0.25, 0.3) is 16.1 Å². The fourth-order valence-electron chi connectivity index (χ4n) is 3.40. The summed E-state index contributed by atoms with van der Waals surface area (Å²) < 4.78 is 27.7. The predicted molar refractivity (Wildman–Crippen MR) is 95.5 cm³/mol. The van der Waals surface area contributed by atoms with E-state index in [1.54, 1.807) is 17.3 Å². The number of thioether (sulfide) groups is 1. The standard InChI is InChI=1S/C15H23N5O3S2/c1-18(2)25(22,23)19-8-11-4-5-13(10-19)20(9-11)14(21)12-6-16-15(24-3)17-7-12/h6-7,11,13H,4-5,8-10H2,1-3H3/t11-,13+/m1/s1. The fraction of sp³-hybridized carbons (Fsp3) is 0.667. The van der Waals surface area contributed by atoms with Crippen LogP contribution in [0.5, 0.6) is 0 Å². The Morgan fingerprint density at radius 1 is 1.20 bits per heavy atom. The molecule has 0 saturated carbocycles. The van der Waals surface area contributed by atoms with Crippen molar-refractivity contribution in [2.24, 2.45) is 5.92 Å². The van der Waals surface area contributed by atoms with Crippen LogP contribution in [0.25, 0.3) is 0 Å². The third-order valence-electron chi connectivity index (χ3n) is 4.79. The molecule has 3 aliphatic heterocycles. The molecule has 4 rings (SSSR count). The molecule has 8 nitrogen and oxygen atoms in total. The topological polar surface area (TPSA) is 86.7 Å². The quantitative estimate of drug-likeness (QED) is 0.555. The molecule has 138 valence electrons. The van der Waals surface area contributed by atoms with E-state index in [0.717, 1.165) is 12.8 Å². The molecule has 1 amide bonds. The van der Waals surface area contributed by atoms with E-state index < -0.39 is 10.2 Å². The lowest BCUT2D eigenvalue weighted by molar-refractivity contribution is 0.0587. The van der Waals surface area contributed by atoms with Gasteiger partial charge in [0, 0.05) is 52.2 Å². The van der Waals surface area contributed by atoms with Crippen molar-refractivity contribution in [3.63, 3.8) is 0 Å². The minimum Gasteiger partial charge on any atom is -0.334 e. The first-order chi connectivity index (χ1) is 11.8. The van der Waals surface area contributed by atoms with Crippen LogP contribution in [-0.4, -0.2) is 83.8 Å². The van der Waals surface area contributed by atoms with Crippen LogP contribution in [0.15, 0.2) is 17.6 Å². The number of piperidine rings is 1. The van der Waals surface area contributed by atoms with Gasteiger partial charge < -0.3 is 4.90 Å². The van der Waals surface area contributed by atoms with Gasteiger partial charge >= 0.3 is 0 Å². The molecule has 3 aliphatic rings. The lowest BCUT2D eigenvalue weighted by atomic mass is 9.94. The van der Waals surface area contributed by atoms with Gasteiger partial charge in [0.1, 0.15) is 0 Å². The van der Waals surface area contributed by atoms with Gasteiger partial charge in [-0.1, -0.05) is 11.8 Å². The van der Waals surface area contributed by atoms with E-state index in [9.17, 15) is 13.2 Å². The molecule has 4 heterocycles. The molecule has 3 fully saturated rings. The molecular formula is C15H23N5O3S2. The minimum atomic E-state index is -3.47. The first-order valence-corrected chi connectivity index (χ1v) is 10.8. The molecule has 0 aliphatic carbocycles. The number of nitrogens with zero attached hydrogens (tertiary/aromatic N) is 5. The highest BCUT2D eigenvalue weighted by Crippen LogP contribution is 2.30. The number of hydrogen-bond donors (Lipinski definition) is 0. The molecule has 0 radical (unpaired) electrons. The molecular weight excluding hydrogens is 362 g/mol. The van der Waals surface area contributed by atoms with E-state index in [4.69, 9.17) is 0 Å². The summed E-state index contributed by atoms with van der Waals surface area (Å²) in [5.41, 5.74) is 0.451. The SMILES string of the molecule is CSc1ncc(C(=O)N2C[C@@H]3CC[C@H]2CN(S(=O)(=O)N(C)C)C3)cn1. The maximum atomic E-state index is 12.9. The van der Waals surface area contributed by atoms with Crippen molar-refractivity contribution in [2.45, 2.75) is 24.0 Å². The van der Waals surface area contributed by atoms with E-state index in [2.05, 4.69) is 9.97 Å². The Labute approximate surface area is 152 Å². The molecule has 2 bridgehead atoms. The van der Waals surface area contributed by atoms with Gasteiger partial charge in [-0.05, 0) is 25.0 Å². The highest BCUT2D eigenvalue weighted by atomic mass is 32.2. The molecule has 2 atom stereocenters. The van der Waals surface area contributed by atoms with Gasteiger partial charge in [-0.3, -0.25) is 4.79 Å². The Bertz CT molecular complexity index is 738. The van der Waals surface area contributed by atoms with Crippen molar-refractivity contribution in [1.29, 1.82) is 0 Å². The van der Waals surface area contributed by atoms with Crippen LogP contribution in [-0.2, 0) is 10.2 Å². The van der Waals surface area contributed by atoms with Crippen LogP contribution >= 0.6 is 11.8 Å². The van der Waals surface area contributed by atoms with Gasteiger partial charge in [0.15, 0.2) is 5.16 Å². The van der Waals surface area contributed by atoms with E-state index in [1.165, 1.54) is 34.5 Å². The summed E-state index contributed by atoms with van der Waals surface area (Å²) in [5.74, 6) is 0.0373. The lowest BCUT2D eigenvalue weighted by Gasteiger charge is -2.36. The number of fused-ring (bicyclic) bond motifs is 4. The van der Waals surface area contributed by atoms with E-state index >= 15 is 0 Å². The predicted octanol–water partition coefficient (Wildman–Crippen LogP) is 0.541. The van der Waals surface area contributed by atoms with Crippen LogP contribution in [0.4, 0.5) is 0 Å². The van der Waals surface area contributed by atoms with Gasteiger partial charge in [-0.15, -0.1) is 0 Å². The first kappa shape index (κ1) is 18.6. The maximum Gasteiger partial charge on any atom is 0.281 e. The minimum absolute atomic E-state index is 0.110. The fourth-order valence-corrected chi connectivity index (χ4v) is 4.94. The molecule has 0 aromatic carbocycles. The summed E-state index contributed by atoms with van der Waals surface area (Å²) in [4.78, 5) is 23.0. The van der Waals surface area contributed by atoms with Gasteiger partial charge in [-0.25, -0.2) is 9.97 Å². The van der Waals surface area contributed by atoms with Gasteiger partial charge in [-0.2, -0.15) is 17.0 Å². The largest absolute Gasteiger partial charge is 0.334 e. The number of aromatic nitrogens is 2. The van der Waals surface area contributed by atoms with E-state index in [-0.39, 0.29) is 17.9 Å². The van der Waals surface area contributed by atoms with Gasteiger partial charge in [0.05, 0.1) is 5.56 Å². The zero-order chi connectivity index (χ0) is 18.2. The number of carbonyl (C=O) groups is 1. The normalized spacial score (nSPS) is 24.6. The molecule has 10 heteroatoms. The number of amides is 1. The second-order valence-electron chi connectivity index (χ2n) is 6.62. The van der Waals surface area contributed by atoms with Gasteiger partial charge in [0.2, 0.25) is 0 Å². The molecule has 1 aromatic heterocycles. The van der Waals surface area contributed by atoms with Crippen molar-refractivity contribution in [3.8, 4) is 0 Å². The van der Waals surface area contributed by atoms with E-state index in [0.29, 0.717) is 30.4 Å². The summed E-state index contributed by atoms with van der Waals surface area (Å²) in [6.07, 6.45) is 6.74.